The Morgan fingerprint density at radius 2 is 1.96 bits per heavy atom. The average Bonchev–Trinajstić information content (AvgIpc) is 2.54. The summed E-state index contributed by atoms with van der Waals surface area (Å²) in [5.74, 6) is -2.29. The summed E-state index contributed by atoms with van der Waals surface area (Å²) in [4.78, 5) is 35.2. The molecule has 8 heteroatoms. The van der Waals surface area contributed by atoms with Gasteiger partial charge in [0.25, 0.3) is 5.91 Å². The maximum atomic E-state index is 12.0. The molecule has 1 atom stereocenters. The Morgan fingerprint density at radius 1 is 1.33 bits per heavy atom. The normalized spacial score (nSPS) is 17.0. The van der Waals surface area contributed by atoms with E-state index in [2.05, 4.69) is 16.0 Å². The third kappa shape index (κ3) is 6.38. The van der Waals surface area contributed by atoms with E-state index in [0.29, 0.717) is 12.8 Å². The second-order valence-electron chi connectivity index (χ2n) is 6.20. The van der Waals surface area contributed by atoms with Crippen LogP contribution in [0, 0.1) is 23.2 Å². The van der Waals surface area contributed by atoms with Gasteiger partial charge in [0.2, 0.25) is 5.91 Å². The van der Waals surface area contributed by atoms with Crippen molar-refractivity contribution < 1.29 is 19.5 Å². The molecule has 1 aliphatic heterocycles. The molecule has 0 aromatic heterocycles. The average molecular weight is 336 g/mol. The number of carbonyl (C=O) groups excluding carboxylic acids is 2. The minimum atomic E-state index is -1.16. The molecule has 0 radical (unpaired) electrons. The minimum absolute atomic E-state index is 0.0699. The van der Waals surface area contributed by atoms with Crippen LogP contribution in [0.2, 0.25) is 0 Å². The van der Waals surface area contributed by atoms with Gasteiger partial charge in [-0.2, -0.15) is 5.26 Å². The lowest BCUT2D eigenvalue weighted by Gasteiger charge is -2.21. The Labute approximate surface area is 141 Å². The molecular weight excluding hydrogens is 312 g/mol. The van der Waals surface area contributed by atoms with Crippen LogP contribution in [0.4, 0.5) is 0 Å². The van der Waals surface area contributed by atoms with Crippen molar-refractivity contribution in [2.45, 2.75) is 39.2 Å². The number of hydrogen-bond donors (Lipinski definition) is 4. The third-order valence-corrected chi connectivity index (χ3v) is 3.74. The molecule has 1 rings (SSSR count). The smallest absolute Gasteiger partial charge is 0.326 e. The van der Waals surface area contributed by atoms with Crippen LogP contribution in [0.1, 0.15) is 33.1 Å². The lowest BCUT2D eigenvalue weighted by Crippen LogP contribution is -2.42. The summed E-state index contributed by atoms with van der Waals surface area (Å²) in [6.45, 7) is 5.18. The molecular formula is C16H24N4O4. The van der Waals surface area contributed by atoms with Crippen molar-refractivity contribution in [2.75, 3.05) is 13.1 Å². The first-order chi connectivity index (χ1) is 11.3. The van der Waals surface area contributed by atoms with E-state index in [4.69, 9.17) is 10.4 Å². The van der Waals surface area contributed by atoms with Crippen LogP contribution in [0.5, 0.6) is 0 Å². The van der Waals surface area contributed by atoms with Gasteiger partial charge in [-0.25, -0.2) is 4.79 Å². The van der Waals surface area contributed by atoms with Crippen LogP contribution in [0.15, 0.2) is 11.8 Å². The van der Waals surface area contributed by atoms with Gasteiger partial charge < -0.3 is 21.1 Å². The Balaban J connectivity index is 2.65. The van der Waals surface area contributed by atoms with E-state index in [1.165, 1.54) is 0 Å². The predicted molar refractivity (Wildman–Crippen MR) is 86.5 cm³/mol. The Bertz CT molecular complexity index is 545. The van der Waals surface area contributed by atoms with Crippen LogP contribution in [-0.2, 0) is 14.4 Å². The lowest BCUT2D eigenvalue weighted by atomic mass is 9.97. The molecule has 0 bridgehead atoms. The van der Waals surface area contributed by atoms with E-state index in [1.54, 1.807) is 6.07 Å². The summed E-state index contributed by atoms with van der Waals surface area (Å²) < 4.78 is 0. The van der Waals surface area contributed by atoms with Gasteiger partial charge in [0.15, 0.2) is 0 Å². The van der Waals surface area contributed by atoms with Gasteiger partial charge in [-0.3, -0.25) is 9.59 Å². The number of aliphatic carboxylic acids is 1. The number of nitriles is 1. The van der Waals surface area contributed by atoms with Crippen LogP contribution in [-0.4, -0.2) is 42.0 Å². The fourth-order valence-corrected chi connectivity index (χ4v) is 2.42. The standard InChI is InChI=1S/C16H24N4O4/c1-10(2)7-13(16(23)24)20-15(22)12(8-17)9-19-14(21)11-3-5-18-6-4-11/h9-11,13,18H,3-7H2,1-2H3,(H,19,21)(H,20,22)(H,23,24)/b12-9-. The molecule has 1 fully saturated rings. The molecule has 1 unspecified atom stereocenters. The van der Waals surface area contributed by atoms with E-state index < -0.39 is 17.9 Å². The monoisotopic (exact) mass is 336 g/mol. The van der Waals surface area contributed by atoms with Crippen molar-refractivity contribution in [3.8, 4) is 6.07 Å². The highest BCUT2D eigenvalue weighted by Crippen LogP contribution is 2.11. The number of hydrogen-bond acceptors (Lipinski definition) is 5. The number of amides is 2. The summed E-state index contributed by atoms with van der Waals surface area (Å²) in [5, 5.41) is 26.1. The maximum Gasteiger partial charge on any atom is 0.326 e. The Kier molecular flexibility index (Phi) is 7.92. The van der Waals surface area contributed by atoms with Gasteiger partial charge in [0.1, 0.15) is 17.7 Å². The van der Waals surface area contributed by atoms with Gasteiger partial charge in [0, 0.05) is 12.1 Å². The van der Waals surface area contributed by atoms with Gasteiger partial charge in [0.05, 0.1) is 0 Å². The van der Waals surface area contributed by atoms with Crippen molar-refractivity contribution in [1.82, 2.24) is 16.0 Å². The third-order valence-electron chi connectivity index (χ3n) is 3.74. The van der Waals surface area contributed by atoms with Crippen LogP contribution < -0.4 is 16.0 Å². The molecule has 4 N–H and O–H groups in total. The maximum absolute atomic E-state index is 12.0. The van der Waals surface area contributed by atoms with Crippen LogP contribution in [0.3, 0.4) is 0 Å². The first-order valence-corrected chi connectivity index (χ1v) is 8.00. The highest BCUT2D eigenvalue weighted by atomic mass is 16.4. The molecule has 1 aliphatic rings. The van der Waals surface area contributed by atoms with E-state index in [1.807, 2.05) is 13.8 Å². The molecule has 0 spiro atoms. The summed E-state index contributed by atoms with van der Waals surface area (Å²) in [6, 6.07) is 0.612. The predicted octanol–water partition coefficient (Wildman–Crippen LogP) is 0.125. The van der Waals surface area contributed by atoms with Crippen molar-refractivity contribution in [3.63, 3.8) is 0 Å². The molecule has 24 heavy (non-hydrogen) atoms. The Hall–Kier alpha value is -2.40. The molecule has 0 aromatic rings. The zero-order chi connectivity index (χ0) is 18.1. The molecule has 1 heterocycles. The molecule has 8 nitrogen and oxygen atoms in total. The molecule has 1 saturated heterocycles. The van der Waals surface area contributed by atoms with E-state index in [0.717, 1.165) is 19.3 Å². The summed E-state index contributed by atoms with van der Waals surface area (Å²) in [5.41, 5.74) is -0.327. The SMILES string of the molecule is CC(C)CC(NC(=O)/C(C#N)=C\NC(=O)C1CCNCC1)C(=O)O. The van der Waals surface area contributed by atoms with Crippen molar-refractivity contribution >= 4 is 17.8 Å². The van der Waals surface area contributed by atoms with Crippen LogP contribution >= 0.6 is 0 Å². The quantitative estimate of drug-likeness (QED) is 0.386. The largest absolute Gasteiger partial charge is 0.480 e. The highest BCUT2D eigenvalue weighted by Gasteiger charge is 2.24. The number of piperidine rings is 1. The van der Waals surface area contributed by atoms with Crippen molar-refractivity contribution in [3.05, 3.63) is 11.8 Å². The zero-order valence-corrected chi connectivity index (χ0v) is 14.0. The van der Waals surface area contributed by atoms with Gasteiger partial charge in [-0.15, -0.1) is 0 Å². The molecule has 132 valence electrons. The van der Waals surface area contributed by atoms with Crippen molar-refractivity contribution in [2.24, 2.45) is 11.8 Å². The molecule has 0 saturated carbocycles. The number of carboxylic acid groups (broad SMARTS) is 1. The number of carboxylic acids is 1. The topological polar surface area (TPSA) is 131 Å². The lowest BCUT2D eigenvalue weighted by molar-refractivity contribution is -0.141. The number of nitrogens with zero attached hydrogens (tertiary/aromatic N) is 1. The van der Waals surface area contributed by atoms with Gasteiger partial charge >= 0.3 is 5.97 Å². The fourth-order valence-electron chi connectivity index (χ4n) is 2.42. The Morgan fingerprint density at radius 3 is 2.46 bits per heavy atom. The van der Waals surface area contributed by atoms with E-state index >= 15 is 0 Å². The summed E-state index contributed by atoms with van der Waals surface area (Å²) >= 11 is 0. The number of rotatable bonds is 7. The second kappa shape index (κ2) is 9.67. The number of carbonyl (C=O) groups is 3. The molecule has 2 amide bonds. The minimum Gasteiger partial charge on any atom is -0.480 e. The van der Waals surface area contributed by atoms with Crippen LogP contribution in [0.25, 0.3) is 0 Å². The van der Waals surface area contributed by atoms with Crippen molar-refractivity contribution in [1.29, 1.82) is 5.26 Å². The second-order valence-corrected chi connectivity index (χ2v) is 6.20. The zero-order valence-electron chi connectivity index (χ0n) is 14.0. The first kappa shape index (κ1) is 19.6. The summed E-state index contributed by atoms with van der Waals surface area (Å²) in [6.07, 6.45) is 2.70. The molecule has 0 aromatic carbocycles. The van der Waals surface area contributed by atoms with Gasteiger partial charge in [-0.1, -0.05) is 13.8 Å². The van der Waals surface area contributed by atoms with E-state index in [9.17, 15) is 14.4 Å². The van der Waals surface area contributed by atoms with Gasteiger partial charge in [-0.05, 0) is 38.3 Å². The molecule has 0 aliphatic carbocycles. The fraction of sp³-hybridized carbons (Fsp3) is 0.625. The van der Waals surface area contributed by atoms with E-state index in [-0.39, 0.29) is 29.7 Å². The number of nitrogens with one attached hydrogen (secondary N) is 3. The summed E-state index contributed by atoms with van der Waals surface area (Å²) in [7, 11) is 0. The highest BCUT2D eigenvalue weighted by molar-refractivity contribution is 5.99. The first-order valence-electron chi connectivity index (χ1n) is 8.00.